The van der Waals surface area contributed by atoms with E-state index in [0.29, 0.717) is 5.69 Å². The molecule has 0 aliphatic rings. The van der Waals surface area contributed by atoms with Crippen LogP contribution in [0, 0.1) is 19.7 Å². The van der Waals surface area contributed by atoms with Gasteiger partial charge in [-0.1, -0.05) is 12.1 Å². The van der Waals surface area contributed by atoms with Crippen LogP contribution in [0.4, 0.5) is 15.8 Å². The van der Waals surface area contributed by atoms with Crippen molar-refractivity contribution in [2.24, 2.45) is 0 Å². The molecule has 0 saturated heterocycles. The van der Waals surface area contributed by atoms with E-state index in [4.69, 9.17) is 5.73 Å². The lowest BCUT2D eigenvalue weighted by Gasteiger charge is -2.13. The van der Waals surface area contributed by atoms with Crippen LogP contribution in [0.5, 0.6) is 0 Å². The molecule has 0 amide bonds. The Morgan fingerprint density at radius 2 is 1.90 bits per heavy atom. The summed E-state index contributed by atoms with van der Waals surface area (Å²) < 4.78 is 41.2. The summed E-state index contributed by atoms with van der Waals surface area (Å²) in [5, 5.41) is 0. The molecule has 0 spiro atoms. The zero-order valence-corrected chi connectivity index (χ0v) is 13.8. The van der Waals surface area contributed by atoms with Crippen molar-refractivity contribution in [1.82, 2.24) is 0 Å². The van der Waals surface area contributed by atoms with E-state index in [1.165, 1.54) is 6.07 Å². The number of nitrogen functional groups attached to an aromatic ring is 1. The van der Waals surface area contributed by atoms with Gasteiger partial charge in [0.15, 0.2) is 5.82 Å². The highest BCUT2D eigenvalue weighted by atomic mass is 79.9. The summed E-state index contributed by atoms with van der Waals surface area (Å²) in [5.41, 5.74) is 7.87. The Bertz CT molecular complexity index is 807. The fourth-order valence-corrected chi connectivity index (χ4v) is 3.71. The second-order valence-electron chi connectivity index (χ2n) is 4.67. The van der Waals surface area contributed by atoms with E-state index in [2.05, 4.69) is 20.7 Å². The molecular formula is C14H14BrFN2O2S. The predicted octanol–water partition coefficient (Wildman–Crippen LogP) is 3.59. The Morgan fingerprint density at radius 3 is 2.57 bits per heavy atom. The number of hydrogen-bond acceptors (Lipinski definition) is 3. The minimum atomic E-state index is -4.06. The lowest BCUT2D eigenvalue weighted by atomic mass is 10.1. The largest absolute Gasteiger partial charge is 0.399 e. The van der Waals surface area contributed by atoms with Gasteiger partial charge in [0.1, 0.15) is 4.90 Å². The van der Waals surface area contributed by atoms with E-state index < -0.39 is 20.7 Å². The SMILES string of the molecule is Cc1cccc(NS(=O)(=O)c2cc(N)cc(Br)c2F)c1C. The smallest absolute Gasteiger partial charge is 0.264 e. The summed E-state index contributed by atoms with van der Waals surface area (Å²) in [6.45, 7) is 3.66. The molecular weight excluding hydrogens is 359 g/mol. The Kier molecular flexibility index (Phi) is 4.25. The van der Waals surface area contributed by atoms with E-state index in [0.717, 1.165) is 17.2 Å². The van der Waals surface area contributed by atoms with Crippen molar-refractivity contribution in [1.29, 1.82) is 0 Å². The standard InChI is InChI=1S/C14H14BrFN2O2S/c1-8-4-3-5-12(9(8)2)18-21(19,20)13-7-10(17)6-11(15)14(13)16/h3-7,18H,17H2,1-2H3. The highest BCUT2D eigenvalue weighted by molar-refractivity contribution is 9.10. The molecule has 0 atom stereocenters. The third-order valence-electron chi connectivity index (χ3n) is 3.16. The van der Waals surface area contributed by atoms with Gasteiger partial charge in [-0.25, -0.2) is 12.8 Å². The third-order valence-corrected chi connectivity index (χ3v) is 5.10. The van der Waals surface area contributed by atoms with Crippen LogP contribution in [0.15, 0.2) is 39.7 Å². The predicted molar refractivity (Wildman–Crippen MR) is 85.2 cm³/mol. The van der Waals surface area contributed by atoms with Gasteiger partial charge in [0, 0.05) is 5.69 Å². The number of benzene rings is 2. The average molecular weight is 373 g/mol. The topological polar surface area (TPSA) is 72.2 Å². The van der Waals surface area contributed by atoms with Crippen molar-refractivity contribution in [3.8, 4) is 0 Å². The van der Waals surface area contributed by atoms with Crippen molar-refractivity contribution in [2.75, 3.05) is 10.5 Å². The highest BCUT2D eigenvalue weighted by Gasteiger charge is 2.22. The summed E-state index contributed by atoms with van der Waals surface area (Å²) in [7, 11) is -4.06. The van der Waals surface area contributed by atoms with Crippen LogP contribution in [0.3, 0.4) is 0 Å². The van der Waals surface area contributed by atoms with Crippen LogP contribution in [0.2, 0.25) is 0 Å². The van der Waals surface area contributed by atoms with Gasteiger partial charge in [-0.2, -0.15) is 0 Å². The number of rotatable bonds is 3. The molecule has 0 aliphatic carbocycles. The summed E-state index contributed by atoms with van der Waals surface area (Å²) in [6.07, 6.45) is 0. The Morgan fingerprint density at radius 1 is 1.24 bits per heavy atom. The third kappa shape index (κ3) is 3.19. The molecule has 2 aromatic rings. The zero-order chi connectivity index (χ0) is 15.8. The van der Waals surface area contributed by atoms with Crippen LogP contribution >= 0.6 is 15.9 Å². The maximum atomic E-state index is 14.0. The summed E-state index contributed by atoms with van der Waals surface area (Å²) in [4.78, 5) is -0.490. The van der Waals surface area contributed by atoms with Gasteiger partial charge in [0.25, 0.3) is 10.0 Å². The average Bonchev–Trinajstić information content (AvgIpc) is 2.39. The fraction of sp³-hybridized carbons (Fsp3) is 0.143. The highest BCUT2D eigenvalue weighted by Crippen LogP contribution is 2.28. The number of aryl methyl sites for hydroxylation is 1. The Balaban J connectivity index is 2.51. The normalized spacial score (nSPS) is 11.4. The Labute approximate surface area is 131 Å². The zero-order valence-electron chi connectivity index (χ0n) is 11.4. The number of nitrogens with two attached hydrogens (primary N) is 1. The van der Waals surface area contributed by atoms with Crippen LogP contribution < -0.4 is 10.5 Å². The molecule has 7 heteroatoms. The summed E-state index contributed by atoms with van der Waals surface area (Å²) >= 11 is 2.95. The maximum Gasteiger partial charge on any atom is 0.264 e. The number of halogens is 2. The number of hydrogen-bond donors (Lipinski definition) is 2. The maximum absolute atomic E-state index is 14.0. The van der Waals surface area contributed by atoms with Crippen LogP contribution in [-0.2, 0) is 10.0 Å². The molecule has 0 aromatic heterocycles. The molecule has 0 heterocycles. The summed E-state index contributed by atoms with van der Waals surface area (Å²) in [5.74, 6) is -0.873. The van der Waals surface area contributed by atoms with Gasteiger partial charge in [-0.3, -0.25) is 4.72 Å². The van der Waals surface area contributed by atoms with Crippen molar-refractivity contribution in [3.05, 3.63) is 51.7 Å². The Hall–Kier alpha value is -1.60. The molecule has 112 valence electrons. The second kappa shape index (κ2) is 5.65. The first-order valence-electron chi connectivity index (χ1n) is 6.06. The van der Waals surface area contributed by atoms with Crippen LogP contribution in [-0.4, -0.2) is 8.42 Å². The van der Waals surface area contributed by atoms with Crippen LogP contribution in [0.25, 0.3) is 0 Å². The molecule has 0 radical (unpaired) electrons. The van der Waals surface area contributed by atoms with E-state index in [-0.39, 0.29) is 10.2 Å². The van der Waals surface area contributed by atoms with E-state index in [9.17, 15) is 12.8 Å². The molecule has 0 unspecified atom stereocenters. The second-order valence-corrected chi connectivity index (χ2v) is 7.17. The minimum Gasteiger partial charge on any atom is -0.399 e. The van der Waals surface area contributed by atoms with E-state index >= 15 is 0 Å². The first-order valence-corrected chi connectivity index (χ1v) is 8.33. The van der Waals surface area contributed by atoms with Crippen molar-refractivity contribution < 1.29 is 12.8 Å². The summed E-state index contributed by atoms with van der Waals surface area (Å²) in [6, 6.07) is 7.62. The molecule has 0 saturated carbocycles. The fourth-order valence-electron chi connectivity index (χ4n) is 1.84. The molecule has 0 bridgehead atoms. The van der Waals surface area contributed by atoms with Gasteiger partial charge in [0.2, 0.25) is 0 Å². The van der Waals surface area contributed by atoms with E-state index in [1.54, 1.807) is 19.1 Å². The number of anilines is 2. The molecule has 2 aromatic carbocycles. The molecule has 3 N–H and O–H groups in total. The van der Waals surface area contributed by atoms with Crippen molar-refractivity contribution in [3.63, 3.8) is 0 Å². The molecule has 0 fully saturated rings. The van der Waals surface area contributed by atoms with Gasteiger partial charge in [-0.15, -0.1) is 0 Å². The lowest BCUT2D eigenvalue weighted by molar-refractivity contribution is 0.567. The quantitative estimate of drug-likeness (QED) is 0.808. The van der Waals surface area contributed by atoms with Crippen molar-refractivity contribution >= 4 is 37.3 Å². The van der Waals surface area contributed by atoms with Gasteiger partial charge in [-0.05, 0) is 59.1 Å². The number of sulfonamides is 1. The van der Waals surface area contributed by atoms with Gasteiger partial charge < -0.3 is 5.73 Å². The minimum absolute atomic E-state index is 0.00355. The monoisotopic (exact) mass is 372 g/mol. The van der Waals surface area contributed by atoms with Gasteiger partial charge >= 0.3 is 0 Å². The van der Waals surface area contributed by atoms with Gasteiger partial charge in [0.05, 0.1) is 10.2 Å². The molecule has 21 heavy (non-hydrogen) atoms. The first kappa shape index (κ1) is 15.8. The molecule has 0 aliphatic heterocycles. The van der Waals surface area contributed by atoms with E-state index in [1.807, 2.05) is 13.0 Å². The van der Waals surface area contributed by atoms with Crippen LogP contribution in [0.1, 0.15) is 11.1 Å². The molecule has 4 nitrogen and oxygen atoms in total. The first-order chi connectivity index (χ1) is 9.72. The van der Waals surface area contributed by atoms with Crippen molar-refractivity contribution in [2.45, 2.75) is 18.7 Å². The molecule has 2 rings (SSSR count). The lowest BCUT2D eigenvalue weighted by Crippen LogP contribution is -2.16. The number of nitrogens with one attached hydrogen (secondary N) is 1.